The van der Waals surface area contributed by atoms with Gasteiger partial charge in [-0.25, -0.2) is 0 Å². The minimum absolute atomic E-state index is 0.00707. The molecule has 0 saturated heterocycles. The highest BCUT2D eigenvalue weighted by atomic mass is 16.2. The lowest BCUT2D eigenvalue weighted by Gasteiger charge is -2.26. The average molecular weight is 301 g/mol. The first-order valence-electron chi connectivity index (χ1n) is 7.28. The van der Waals surface area contributed by atoms with E-state index in [1.807, 2.05) is 12.1 Å². The summed E-state index contributed by atoms with van der Waals surface area (Å²) < 4.78 is 0. The van der Waals surface area contributed by atoms with Crippen molar-refractivity contribution in [2.24, 2.45) is 0 Å². The van der Waals surface area contributed by atoms with Crippen molar-refractivity contribution in [1.82, 2.24) is 20.6 Å². The van der Waals surface area contributed by atoms with E-state index in [-0.39, 0.29) is 22.6 Å². The van der Waals surface area contributed by atoms with Crippen LogP contribution in [0, 0.1) is 0 Å². The number of aromatic nitrogens is 4. The van der Waals surface area contributed by atoms with Gasteiger partial charge in [0.05, 0.1) is 0 Å². The lowest BCUT2D eigenvalue weighted by atomic mass is 9.80. The number of anilines is 1. The first kappa shape index (κ1) is 16.1. The van der Waals surface area contributed by atoms with Gasteiger partial charge in [0.1, 0.15) is 0 Å². The van der Waals surface area contributed by atoms with E-state index in [0.29, 0.717) is 0 Å². The van der Waals surface area contributed by atoms with Crippen molar-refractivity contribution in [2.75, 3.05) is 5.32 Å². The number of carbonyl (C=O) groups is 1. The van der Waals surface area contributed by atoms with Crippen LogP contribution < -0.4 is 5.32 Å². The minimum Gasteiger partial charge on any atom is -0.319 e. The molecular weight excluding hydrogens is 278 g/mol. The molecular formula is C16H23N5O. The molecule has 2 N–H and O–H groups in total. The Bertz CT molecular complexity index is 631. The highest BCUT2D eigenvalue weighted by Crippen LogP contribution is 2.32. The van der Waals surface area contributed by atoms with Crippen LogP contribution in [0.2, 0.25) is 0 Å². The molecule has 1 aromatic carbocycles. The third kappa shape index (κ3) is 3.69. The van der Waals surface area contributed by atoms with E-state index in [9.17, 15) is 4.79 Å². The van der Waals surface area contributed by atoms with E-state index in [2.05, 4.69) is 73.5 Å². The second-order valence-electron chi connectivity index (χ2n) is 7.49. The highest BCUT2D eigenvalue weighted by molar-refractivity contribution is 6.01. The van der Waals surface area contributed by atoms with Crippen molar-refractivity contribution in [1.29, 1.82) is 0 Å². The molecule has 1 amide bonds. The number of hydrogen-bond acceptors (Lipinski definition) is 4. The SMILES string of the molecule is CC(C)(C)c1cc(NC(=O)c2nn[nH]n2)cc(C(C)(C)C)c1. The minimum atomic E-state index is -0.375. The largest absolute Gasteiger partial charge is 0.319 e. The summed E-state index contributed by atoms with van der Waals surface area (Å²) >= 11 is 0. The molecule has 0 unspecified atom stereocenters. The molecule has 1 aromatic heterocycles. The second kappa shape index (κ2) is 5.51. The predicted molar refractivity (Wildman–Crippen MR) is 86.0 cm³/mol. The summed E-state index contributed by atoms with van der Waals surface area (Å²) in [7, 11) is 0. The fraction of sp³-hybridized carbons (Fsp3) is 0.500. The fourth-order valence-electron chi connectivity index (χ4n) is 2.01. The number of H-pyrrole nitrogens is 1. The lowest BCUT2D eigenvalue weighted by molar-refractivity contribution is 0.101. The summed E-state index contributed by atoms with van der Waals surface area (Å²) in [5.74, 6) is -0.349. The van der Waals surface area contributed by atoms with Gasteiger partial charge in [-0.1, -0.05) is 47.6 Å². The van der Waals surface area contributed by atoms with E-state index >= 15 is 0 Å². The molecule has 2 rings (SSSR count). The van der Waals surface area contributed by atoms with Gasteiger partial charge in [0.25, 0.3) is 11.7 Å². The molecule has 0 fully saturated rings. The number of carbonyl (C=O) groups excluding carboxylic acids is 1. The highest BCUT2D eigenvalue weighted by Gasteiger charge is 2.21. The fourth-order valence-corrected chi connectivity index (χ4v) is 2.01. The van der Waals surface area contributed by atoms with Crippen molar-refractivity contribution < 1.29 is 4.79 Å². The van der Waals surface area contributed by atoms with Gasteiger partial charge in [-0.05, 0) is 39.3 Å². The first-order valence-corrected chi connectivity index (χ1v) is 7.28. The summed E-state index contributed by atoms with van der Waals surface area (Å²) in [6, 6.07) is 6.18. The van der Waals surface area contributed by atoms with Crippen LogP contribution in [0.1, 0.15) is 63.3 Å². The van der Waals surface area contributed by atoms with Crippen LogP contribution in [0.4, 0.5) is 5.69 Å². The van der Waals surface area contributed by atoms with Gasteiger partial charge in [0.15, 0.2) is 0 Å². The van der Waals surface area contributed by atoms with Crippen LogP contribution in [0.15, 0.2) is 18.2 Å². The molecule has 6 nitrogen and oxygen atoms in total. The molecule has 0 aliphatic rings. The van der Waals surface area contributed by atoms with Crippen molar-refractivity contribution in [3.8, 4) is 0 Å². The molecule has 0 radical (unpaired) electrons. The monoisotopic (exact) mass is 301 g/mol. The van der Waals surface area contributed by atoms with Gasteiger partial charge in [-0.2, -0.15) is 5.21 Å². The van der Waals surface area contributed by atoms with E-state index in [4.69, 9.17) is 0 Å². The molecule has 0 saturated carbocycles. The summed E-state index contributed by atoms with van der Waals surface area (Å²) in [6.07, 6.45) is 0. The topological polar surface area (TPSA) is 83.6 Å². The zero-order chi connectivity index (χ0) is 16.5. The molecule has 0 aliphatic heterocycles. The van der Waals surface area contributed by atoms with Gasteiger partial charge >= 0.3 is 0 Å². The van der Waals surface area contributed by atoms with E-state index in [0.717, 1.165) is 5.69 Å². The summed E-state index contributed by atoms with van der Waals surface area (Å²) in [6.45, 7) is 12.9. The van der Waals surface area contributed by atoms with Gasteiger partial charge < -0.3 is 5.32 Å². The molecule has 0 atom stereocenters. The van der Waals surface area contributed by atoms with Crippen LogP contribution in [-0.2, 0) is 10.8 Å². The van der Waals surface area contributed by atoms with Crippen LogP contribution >= 0.6 is 0 Å². The second-order valence-corrected chi connectivity index (χ2v) is 7.49. The number of hydrogen-bond donors (Lipinski definition) is 2. The molecule has 1 heterocycles. The maximum Gasteiger partial charge on any atom is 0.297 e. The Morgan fingerprint density at radius 2 is 1.55 bits per heavy atom. The standard InChI is InChI=1S/C16H23N5O/c1-15(2,3)10-7-11(16(4,5)6)9-12(8-10)17-14(22)13-18-20-21-19-13/h7-9H,1-6H3,(H,17,22)(H,18,19,20,21). The van der Waals surface area contributed by atoms with Gasteiger partial charge in [-0.3, -0.25) is 4.79 Å². The number of benzene rings is 1. The number of amides is 1. The van der Waals surface area contributed by atoms with E-state index in [1.165, 1.54) is 11.1 Å². The molecule has 0 bridgehead atoms. The molecule has 2 aromatic rings. The Morgan fingerprint density at radius 3 is 1.95 bits per heavy atom. The van der Waals surface area contributed by atoms with Crippen molar-refractivity contribution >= 4 is 11.6 Å². The molecule has 22 heavy (non-hydrogen) atoms. The van der Waals surface area contributed by atoms with Crippen LogP contribution in [0.3, 0.4) is 0 Å². The van der Waals surface area contributed by atoms with E-state index < -0.39 is 0 Å². The summed E-state index contributed by atoms with van der Waals surface area (Å²) in [5, 5.41) is 15.9. The Balaban J connectivity index is 2.40. The predicted octanol–water partition coefficient (Wildman–Crippen LogP) is 3.05. The van der Waals surface area contributed by atoms with Crippen LogP contribution in [0.25, 0.3) is 0 Å². The molecule has 0 aliphatic carbocycles. The number of aromatic amines is 1. The number of tetrazole rings is 1. The van der Waals surface area contributed by atoms with Crippen molar-refractivity contribution in [2.45, 2.75) is 52.4 Å². The van der Waals surface area contributed by atoms with Crippen LogP contribution in [-0.4, -0.2) is 26.5 Å². The summed E-state index contributed by atoms with van der Waals surface area (Å²) in [4.78, 5) is 12.1. The van der Waals surface area contributed by atoms with E-state index in [1.54, 1.807) is 0 Å². The Morgan fingerprint density at radius 1 is 1.00 bits per heavy atom. The van der Waals surface area contributed by atoms with Gasteiger partial charge in [0.2, 0.25) is 0 Å². The maximum atomic E-state index is 12.1. The Hall–Kier alpha value is -2.24. The molecule has 0 spiro atoms. The number of nitrogens with zero attached hydrogens (tertiary/aromatic N) is 3. The maximum absolute atomic E-state index is 12.1. The Labute approximate surface area is 130 Å². The van der Waals surface area contributed by atoms with Crippen LogP contribution in [0.5, 0.6) is 0 Å². The zero-order valence-electron chi connectivity index (χ0n) is 14.0. The third-order valence-corrected chi connectivity index (χ3v) is 3.47. The smallest absolute Gasteiger partial charge is 0.297 e. The molecule has 118 valence electrons. The normalized spacial score (nSPS) is 12.3. The zero-order valence-corrected chi connectivity index (χ0v) is 14.0. The Kier molecular flexibility index (Phi) is 4.04. The molecule has 6 heteroatoms. The van der Waals surface area contributed by atoms with Crippen molar-refractivity contribution in [3.63, 3.8) is 0 Å². The van der Waals surface area contributed by atoms with Gasteiger partial charge in [-0.15, -0.1) is 10.2 Å². The summed E-state index contributed by atoms with van der Waals surface area (Å²) in [5.41, 5.74) is 3.07. The van der Waals surface area contributed by atoms with Crippen molar-refractivity contribution in [3.05, 3.63) is 35.2 Å². The first-order chi connectivity index (χ1) is 10.1. The van der Waals surface area contributed by atoms with Gasteiger partial charge in [0, 0.05) is 5.69 Å². The quantitative estimate of drug-likeness (QED) is 0.893. The third-order valence-electron chi connectivity index (χ3n) is 3.47. The lowest BCUT2D eigenvalue weighted by Crippen LogP contribution is -2.19. The number of rotatable bonds is 2. The number of nitrogens with one attached hydrogen (secondary N) is 2. The average Bonchev–Trinajstić information content (AvgIpc) is 2.90.